The maximum Gasteiger partial charge on any atom is 0.0406 e. The minimum Gasteiger partial charge on any atom is -0.303 e. The van der Waals surface area contributed by atoms with E-state index in [1.54, 1.807) is 0 Å². The normalized spacial score (nSPS) is 14.1. The van der Waals surface area contributed by atoms with E-state index in [0.29, 0.717) is 18.0 Å². The van der Waals surface area contributed by atoms with Crippen LogP contribution in [0, 0.1) is 5.92 Å². The molecule has 0 saturated heterocycles. The van der Waals surface area contributed by atoms with E-state index in [9.17, 15) is 0 Å². The SMILES string of the molecule is CCC(NC(c1ccc(Cl)cc1)C(C)C)c1ccccc1. The summed E-state index contributed by atoms with van der Waals surface area (Å²) in [7, 11) is 0. The van der Waals surface area contributed by atoms with Crippen molar-refractivity contribution in [3.05, 3.63) is 70.7 Å². The van der Waals surface area contributed by atoms with Crippen LogP contribution in [0.5, 0.6) is 0 Å². The Morgan fingerprint density at radius 1 is 0.905 bits per heavy atom. The number of rotatable bonds is 6. The molecule has 0 fully saturated rings. The average Bonchev–Trinajstić information content (AvgIpc) is 2.50. The number of hydrogen-bond acceptors (Lipinski definition) is 1. The van der Waals surface area contributed by atoms with Crippen molar-refractivity contribution in [2.45, 2.75) is 39.3 Å². The first-order valence-corrected chi connectivity index (χ1v) is 8.06. The molecule has 2 atom stereocenters. The average molecular weight is 302 g/mol. The molecule has 0 aliphatic rings. The van der Waals surface area contributed by atoms with Crippen molar-refractivity contribution < 1.29 is 0 Å². The van der Waals surface area contributed by atoms with Gasteiger partial charge in [-0.15, -0.1) is 0 Å². The highest BCUT2D eigenvalue weighted by atomic mass is 35.5. The Labute approximate surface area is 133 Å². The van der Waals surface area contributed by atoms with Gasteiger partial charge in [0.2, 0.25) is 0 Å². The van der Waals surface area contributed by atoms with Gasteiger partial charge in [-0.3, -0.25) is 0 Å². The topological polar surface area (TPSA) is 12.0 Å². The molecule has 0 aliphatic carbocycles. The van der Waals surface area contributed by atoms with E-state index in [-0.39, 0.29) is 0 Å². The van der Waals surface area contributed by atoms with Gasteiger partial charge in [0.05, 0.1) is 0 Å². The Hall–Kier alpha value is -1.31. The molecule has 0 radical (unpaired) electrons. The first-order chi connectivity index (χ1) is 10.1. The van der Waals surface area contributed by atoms with Crippen LogP contribution in [0.25, 0.3) is 0 Å². The first kappa shape index (κ1) is 16.1. The van der Waals surface area contributed by atoms with E-state index in [2.05, 4.69) is 68.6 Å². The molecule has 1 N–H and O–H groups in total. The van der Waals surface area contributed by atoms with Crippen molar-refractivity contribution in [2.75, 3.05) is 0 Å². The van der Waals surface area contributed by atoms with E-state index in [4.69, 9.17) is 11.6 Å². The van der Waals surface area contributed by atoms with Crippen molar-refractivity contribution >= 4 is 11.6 Å². The van der Waals surface area contributed by atoms with Gasteiger partial charge in [0, 0.05) is 17.1 Å². The predicted octanol–water partition coefficient (Wildman–Crippen LogP) is 5.78. The lowest BCUT2D eigenvalue weighted by atomic mass is 9.93. The smallest absolute Gasteiger partial charge is 0.0406 e. The van der Waals surface area contributed by atoms with E-state index in [1.807, 2.05) is 12.1 Å². The maximum atomic E-state index is 6.00. The monoisotopic (exact) mass is 301 g/mol. The fraction of sp³-hybridized carbons (Fsp3) is 0.368. The molecule has 2 unspecified atom stereocenters. The van der Waals surface area contributed by atoms with Crippen LogP contribution in [-0.2, 0) is 0 Å². The van der Waals surface area contributed by atoms with Gasteiger partial charge < -0.3 is 5.32 Å². The number of hydrogen-bond donors (Lipinski definition) is 1. The van der Waals surface area contributed by atoms with Crippen LogP contribution >= 0.6 is 11.6 Å². The van der Waals surface area contributed by atoms with Crippen molar-refractivity contribution in [3.63, 3.8) is 0 Å². The van der Waals surface area contributed by atoms with Gasteiger partial charge in [-0.05, 0) is 35.6 Å². The molecule has 0 aliphatic heterocycles. The third kappa shape index (κ3) is 4.33. The molecule has 2 rings (SSSR count). The fourth-order valence-corrected chi connectivity index (χ4v) is 2.82. The van der Waals surface area contributed by atoms with Gasteiger partial charge in [-0.2, -0.15) is 0 Å². The quantitative estimate of drug-likeness (QED) is 0.713. The number of nitrogens with one attached hydrogen (secondary N) is 1. The van der Waals surface area contributed by atoms with E-state index in [1.165, 1.54) is 11.1 Å². The molecular weight excluding hydrogens is 278 g/mol. The zero-order valence-corrected chi connectivity index (χ0v) is 13.8. The molecular formula is C19H24ClN. The Kier molecular flexibility index (Phi) is 5.84. The van der Waals surface area contributed by atoms with E-state index < -0.39 is 0 Å². The van der Waals surface area contributed by atoms with Crippen LogP contribution in [-0.4, -0.2) is 0 Å². The summed E-state index contributed by atoms with van der Waals surface area (Å²) in [5.74, 6) is 0.518. The summed E-state index contributed by atoms with van der Waals surface area (Å²) >= 11 is 6.00. The molecule has 21 heavy (non-hydrogen) atoms. The third-order valence-corrected chi connectivity index (χ3v) is 4.14. The van der Waals surface area contributed by atoms with Crippen molar-refractivity contribution in [1.82, 2.24) is 5.32 Å². The van der Waals surface area contributed by atoms with Gasteiger partial charge in [0.1, 0.15) is 0 Å². The Morgan fingerprint density at radius 3 is 2.05 bits per heavy atom. The summed E-state index contributed by atoms with van der Waals surface area (Å²) in [5, 5.41) is 4.60. The summed E-state index contributed by atoms with van der Waals surface area (Å²) in [4.78, 5) is 0. The van der Waals surface area contributed by atoms with Gasteiger partial charge in [-0.1, -0.05) is 74.8 Å². The van der Waals surface area contributed by atoms with Crippen LogP contribution in [0.15, 0.2) is 54.6 Å². The van der Waals surface area contributed by atoms with Crippen molar-refractivity contribution in [2.24, 2.45) is 5.92 Å². The standard InChI is InChI=1S/C19H24ClN/c1-4-18(15-8-6-5-7-9-15)21-19(14(2)3)16-10-12-17(20)13-11-16/h5-14,18-19,21H,4H2,1-3H3. The van der Waals surface area contributed by atoms with Gasteiger partial charge in [0.25, 0.3) is 0 Å². The van der Waals surface area contributed by atoms with Crippen LogP contribution in [0.1, 0.15) is 50.4 Å². The second kappa shape index (κ2) is 7.63. The highest BCUT2D eigenvalue weighted by molar-refractivity contribution is 6.30. The lowest BCUT2D eigenvalue weighted by Crippen LogP contribution is -2.29. The Bertz CT molecular complexity index is 533. The van der Waals surface area contributed by atoms with Gasteiger partial charge in [-0.25, -0.2) is 0 Å². The zero-order valence-electron chi connectivity index (χ0n) is 13.0. The first-order valence-electron chi connectivity index (χ1n) is 7.68. The fourth-order valence-electron chi connectivity index (χ4n) is 2.70. The Morgan fingerprint density at radius 2 is 1.52 bits per heavy atom. The molecule has 0 saturated carbocycles. The molecule has 1 nitrogen and oxygen atoms in total. The minimum atomic E-state index is 0.326. The lowest BCUT2D eigenvalue weighted by molar-refractivity contribution is 0.357. The molecule has 2 heteroatoms. The summed E-state index contributed by atoms with van der Waals surface area (Å²) in [6.45, 7) is 6.73. The highest BCUT2D eigenvalue weighted by Gasteiger charge is 2.20. The zero-order chi connectivity index (χ0) is 15.2. The van der Waals surface area contributed by atoms with Gasteiger partial charge in [0.15, 0.2) is 0 Å². The molecule has 0 bridgehead atoms. The summed E-state index contributed by atoms with van der Waals surface area (Å²) < 4.78 is 0. The minimum absolute atomic E-state index is 0.326. The molecule has 0 aromatic heterocycles. The molecule has 2 aromatic carbocycles. The van der Waals surface area contributed by atoms with Gasteiger partial charge >= 0.3 is 0 Å². The van der Waals surface area contributed by atoms with E-state index in [0.717, 1.165) is 11.4 Å². The highest BCUT2D eigenvalue weighted by Crippen LogP contribution is 2.28. The van der Waals surface area contributed by atoms with Crippen LogP contribution in [0.3, 0.4) is 0 Å². The summed E-state index contributed by atoms with van der Waals surface area (Å²) in [6.07, 6.45) is 1.07. The van der Waals surface area contributed by atoms with Crippen LogP contribution in [0.2, 0.25) is 5.02 Å². The second-order valence-electron chi connectivity index (χ2n) is 5.81. The molecule has 112 valence electrons. The largest absolute Gasteiger partial charge is 0.303 e. The molecule has 2 aromatic rings. The summed E-state index contributed by atoms with van der Waals surface area (Å²) in [5.41, 5.74) is 2.64. The predicted molar refractivity (Wildman–Crippen MR) is 91.6 cm³/mol. The van der Waals surface area contributed by atoms with E-state index >= 15 is 0 Å². The van der Waals surface area contributed by atoms with Crippen LogP contribution < -0.4 is 5.32 Å². The number of benzene rings is 2. The third-order valence-electron chi connectivity index (χ3n) is 3.89. The summed E-state index contributed by atoms with van der Waals surface area (Å²) in [6, 6.07) is 19.5. The maximum absolute atomic E-state index is 6.00. The molecule has 0 spiro atoms. The lowest BCUT2D eigenvalue weighted by Gasteiger charge is -2.29. The molecule has 0 heterocycles. The van der Waals surface area contributed by atoms with Crippen molar-refractivity contribution in [3.8, 4) is 0 Å². The second-order valence-corrected chi connectivity index (χ2v) is 6.25. The number of halogens is 1. The van der Waals surface area contributed by atoms with Crippen LogP contribution in [0.4, 0.5) is 0 Å². The molecule has 0 amide bonds. The Balaban J connectivity index is 2.21. The van der Waals surface area contributed by atoms with Crippen molar-refractivity contribution in [1.29, 1.82) is 0 Å².